The van der Waals surface area contributed by atoms with Crippen LogP contribution < -0.4 is 0 Å². The van der Waals surface area contributed by atoms with Crippen molar-refractivity contribution in [3.8, 4) is 0 Å². The first-order chi connectivity index (χ1) is 20.4. The van der Waals surface area contributed by atoms with E-state index in [2.05, 4.69) is 38.1 Å². The average Bonchev–Trinajstić information content (AvgIpc) is 2.99. The molecule has 0 aromatic heterocycles. The molecular formula is C38H70O3. The summed E-state index contributed by atoms with van der Waals surface area (Å²) in [6.45, 7) is 8.13. The standard InChI is InChI=1S/C38H70O3/c1-3-5-7-9-11-13-15-17-19-21-23-28-32-39-35-38(36-40-34-37-30-26-25-27-31-37)41-33-29-24-22-20-18-16-14-12-10-8-6-4-2/h25-27,30-31,38H,3-24,28-29,32-36H2,1-2H3/t38-/m1/s1. The number of hydrogen-bond acceptors (Lipinski definition) is 3. The molecule has 0 aliphatic heterocycles. The Hall–Kier alpha value is -0.900. The maximum atomic E-state index is 6.24. The summed E-state index contributed by atoms with van der Waals surface area (Å²) in [6.07, 6.45) is 32.9. The van der Waals surface area contributed by atoms with Crippen molar-refractivity contribution >= 4 is 0 Å². The molecule has 0 saturated carbocycles. The van der Waals surface area contributed by atoms with E-state index in [-0.39, 0.29) is 6.10 Å². The molecular weight excluding hydrogens is 504 g/mol. The topological polar surface area (TPSA) is 27.7 Å². The summed E-state index contributed by atoms with van der Waals surface area (Å²) in [5.74, 6) is 0. The number of rotatable bonds is 33. The molecule has 1 aromatic rings. The smallest absolute Gasteiger partial charge is 0.104 e. The van der Waals surface area contributed by atoms with E-state index in [0.717, 1.165) is 26.1 Å². The van der Waals surface area contributed by atoms with Crippen molar-refractivity contribution in [2.24, 2.45) is 0 Å². The number of benzene rings is 1. The minimum absolute atomic E-state index is 0.0312. The summed E-state index contributed by atoms with van der Waals surface area (Å²) < 4.78 is 18.3. The van der Waals surface area contributed by atoms with E-state index in [1.54, 1.807) is 0 Å². The Labute approximate surface area is 256 Å². The second-order valence-corrected chi connectivity index (χ2v) is 12.3. The van der Waals surface area contributed by atoms with Gasteiger partial charge in [-0.1, -0.05) is 185 Å². The van der Waals surface area contributed by atoms with Crippen molar-refractivity contribution < 1.29 is 14.2 Å². The van der Waals surface area contributed by atoms with Crippen LogP contribution in [0.1, 0.15) is 174 Å². The highest BCUT2D eigenvalue weighted by molar-refractivity contribution is 5.13. The van der Waals surface area contributed by atoms with E-state index >= 15 is 0 Å². The molecule has 41 heavy (non-hydrogen) atoms. The van der Waals surface area contributed by atoms with Gasteiger partial charge in [0, 0.05) is 13.2 Å². The predicted molar refractivity (Wildman–Crippen MR) is 179 cm³/mol. The number of unbranched alkanes of at least 4 members (excludes halogenated alkanes) is 22. The highest BCUT2D eigenvalue weighted by Crippen LogP contribution is 2.14. The van der Waals surface area contributed by atoms with E-state index in [9.17, 15) is 0 Å². The molecule has 1 rings (SSSR count). The van der Waals surface area contributed by atoms with Crippen LogP contribution in [0, 0.1) is 0 Å². The third kappa shape index (κ3) is 27.7. The molecule has 0 N–H and O–H groups in total. The Morgan fingerprint density at radius 3 is 1.29 bits per heavy atom. The largest absolute Gasteiger partial charge is 0.379 e. The van der Waals surface area contributed by atoms with Crippen molar-refractivity contribution in [2.75, 3.05) is 26.4 Å². The number of hydrogen-bond donors (Lipinski definition) is 0. The van der Waals surface area contributed by atoms with Crippen molar-refractivity contribution in [1.82, 2.24) is 0 Å². The summed E-state index contributed by atoms with van der Waals surface area (Å²) in [5, 5.41) is 0. The van der Waals surface area contributed by atoms with Gasteiger partial charge in [0.2, 0.25) is 0 Å². The molecule has 1 aromatic carbocycles. The van der Waals surface area contributed by atoms with Gasteiger partial charge in [-0.2, -0.15) is 0 Å². The Morgan fingerprint density at radius 2 is 0.829 bits per heavy atom. The lowest BCUT2D eigenvalue weighted by molar-refractivity contribution is -0.0645. The molecule has 0 spiro atoms. The van der Waals surface area contributed by atoms with Crippen LogP contribution in [0.15, 0.2) is 30.3 Å². The van der Waals surface area contributed by atoms with Crippen LogP contribution in [0.4, 0.5) is 0 Å². The quantitative estimate of drug-likeness (QED) is 0.0781. The van der Waals surface area contributed by atoms with Gasteiger partial charge >= 0.3 is 0 Å². The molecule has 0 aliphatic carbocycles. The molecule has 3 nitrogen and oxygen atoms in total. The molecule has 0 bridgehead atoms. The summed E-state index contributed by atoms with van der Waals surface area (Å²) in [6, 6.07) is 10.4. The molecule has 1 atom stereocenters. The first kappa shape index (κ1) is 38.1. The van der Waals surface area contributed by atoms with Gasteiger partial charge in [-0.3, -0.25) is 0 Å². The van der Waals surface area contributed by atoms with Crippen molar-refractivity contribution in [3.05, 3.63) is 35.9 Å². The minimum Gasteiger partial charge on any atom is -0.379 e. The lowest BCUT2D eigenvalue weighted by atomic mass is 10.1. The van der Waals surface area contributed by atoms with Crippen LogP contribution in [0.5, 0.6) is 0 Å². The zero-order chi connectivity index (χ0) is 29.3. The van der Waals surface area contributed by atoms with Crippen molar-refractivity contribution in [2.45, 2.75) is 181 Å². The van der Waals surface area contributed by atoms with Crippen LogP contribution in [0.3, 0.4) is 0 Å². The van der Waals surface area contributed by atoms with Crippen molar-refractivity contribution in [3.63, 3.8) is 0 Å². The molecule has 0 unspecified atom stereocenters. The highest BCUT2D eigenvalue weighted by Gasteiger charge is 2.10. The SMILES string of the molecule is CCCCCCCCCCCCCCOC[C@H](COCc1ccccc1)OCCCCCCCCCCCCCC. The monoisotopic (exact) mass is 575 g/mol. The Bertz CT molecular complexity index is 605. The Morgan fingerprint density at radius 1 is 0.439 bits per heavy atom. The van der Waals surface area contributed by atoms with Crippen molar-refractivity contribution in [1.29, 1.82) is 0 Å². The van der Waals surface area contributed by atoms with Gasteiger partial charge in [0.15, 0.2) is 0 Å². The Kier molecular flexibility index (Phi) is 29.8. The number of ether oxygens (including phenoxy) is 3. The van der Waals surface area contributed by atoms with Crippen LogP contribution >= 0.6 is 0 Å². The summed E-state index contributed by atoms with van der Waals surface area (Å²) >= 11 is 0. The van der Waals surface area contributed by atoms with E-state index in [4.69, 9.17) is 14.2 Å². The molecule has 0 saturated heterocycles. The minimum atomic E-state index is 0.0312. The second kappa shape index (κ2) is 32.0. The molecule has 0 amide bonds. The zero-order valence-corrected chi connectivity index (χ0v) is 27.7. The van der Waals surface area contributed by atoms with E-state index in [0.29, 0.717) is 19.8 Å². The van der Waals surface area contributed by atoms with E-state index < -0.39 is 0 Å². The second-order valence-electron chi connectivity index (χ2n) is 12.3. The summed E-state index contributed by atoms with van der Waals surface area (Å²) in [7, 11) is 0. The molecule has 3 heteroatoms. The van der Waals surface area contributed by atoms with Gasteiger partial charge in [0.05, 0.1) is 19.8 Å². The van der Waals surface area contributed by atoms with Crippen LogP contribution in [-0.2, 0) is 20.8 Å². The molecule has 0 aliphatic rings. The molecule has 240 valence electrons. The fraction of sp³-hybridized carbons (Fsp3) is 0.842. The summed E-state index contributed by atoms with van der Waals surface area (Å²) in [5.41, 5.74) is 1.21. The molecule has 0 radical (unpaired) electrons. The summed E-state index contributed by atoms with van der Waals surface area (Å²) in [4.78, 5) is 0. The average molecular weight is 575 g/mol. The third-order valence-electron chi connectivity index (χ3n) is 8.21. The van der Waals surface area contributed by atoms with Crippen LogP contribution in [0.2, 0.25) is 0 Å². The third-order valence-corrected chi connectivity index (χ3v) is 8.21. The van der Waals surface area contributed by atoms with Gasteiger partial charge in [0.25, 0.3) is 0 Å². The molecule has 0 fully saturated rings. The van der Waals surface area contributed by atoms with Crippen LogP contribution in [-0.4, -0.2) is 32.5 Å². The van der Waals surface area contributed by atoms with Gasteiger partial charge in [-0.05, 0) is 18.4 Å². The fourth-order valence-electron chi connectivity index (χ4n) is 5.48. The predicted octanol–water partition coefficient (Wildman–Crippen LogP) is 12.0. The zero-order valence-electron chi connectivity index (χ0n) is 27.7. The van der Waals surface area contributed by atoms with Crippen LogP contribution in [0.25, 0.3) is 0 Å². The van der Waals surface area contributed by atoms with Gasteiger partial charge in [-0.25, -0.2) is 0 Å². The maximum absolute atomic E-state index is 6.24. The van der Waals surface area contributed by atoms with Gasteiger partial charge in [-0.15, -0.1) is 0 Å². The fourth-order valence-corrected chi connectivity index (χ4v) is 5.48. The van der Waals surface area contributed by atoms with Gasteiger partial charge < -0.3 is 14.2 Å². The highest BCUT2D eigenvalue weighted by atomic mass is 16.6. The van der Waals surface area contributed by atoms with Gasteiger partial charge in [0.1, 0.15) is 6.10 Å². The first-order valence-electron chi connectivity index (χ1n) is 18.2. The van der Waals surface area contributed by atoms with E-state index in [1.165, 1.54) is 147 Å². The lowest BCUT2D eigenvalue weighted by Gasteiger charge is -2.18. The normalized spacial score (nSPS) is 12.2. The maximum Gasteiger partial charge on any atom is 0.104 e. The Balaban J connectivity index is 2.06. The first-order valence-corrected chi connectivity index (χ1v) is 18.2. The molecule has 0 heterocycles. The lowest BCUT2D eigenvalue weighted by Crippen LogP contribution is -2.26. The van der Waals surface area contributed by atoms with E-state index in [1.807, 2.05) is 6.07 Å².